The Morgan fingerprint density at radius 3 is 2.07 bits per heavy atom. The van der Waals surface area contributed by atoms with Gasteiger partial charge in [0.25, 0.3) is 0 Å². The number of hydrogen-bond donors (Lipinski definition) is 2. The molecular weight excluding hydrogens is 352 g/mol. The summed E-state index contributed by atoms with van der Waals surface area (Å²) in [6, 6.07) is 7.08. The Morgan fingerprint density at radius 2 is 1.50 bits per heavy atom. The van der Waals surface area contributed by atoms with Crippen molar-refractivity contribution in [2.75, 3.05) is 0 Å². The molecule has 28 heavy (non-hydrogen) atoms. The van der Waals surface area contributed by atoms with Gasteiger partial charge in [-0.05, 0) is 71.6 Å². The summed E-state index contributed by atoms with van der Waals surface area (Å²) in [6.07, 6.45) is 11.0. The van der Waals surface area contributed by atoms with Crippen molar-refractivity contribution in [1.29, 1.82) is 0 Å². The Morgan fingerprint density at radius 1 is 0.857 bits per heavy atom. The minimum Gasteiger partial charge on any atom is -0.478 e. The minimum atomic E-state index is -0.976. The monoisotopic (exact) mass is 380 g/mol. The maximum Gasteiger partial charge on any atom is 0.336 e. The van der Waals surface area contributed by atoms with Gasteiger partial charge in [0.05, 0.1) is 11.1 Å². The van der Waals surface area contributed by atoms with Gasteiger partial charge in [-0.25, -0.2) is 9.59 Å². The SMILES string of the molecule is O=C(O)c1ccc2cc(CCCC3CC3)c(C(=O)O)c(CCCC3CC3)c2c1. The van der Waals surface area contributed by atoms with E-state index in [0.29, 0.717) is 12.0 Å². The number of hydrogen-bond acceptors (Lipinski definition) is 2. The lowest BCUT2D eigenvalue weighted by atomic mass is 9.88. The van der Waals surface area contributed by atoms with Gasteiger partial charge in [-0.3, -0.25) is 0 Å². The van der Waals surface area contributed by atoms with Crippen LogP contribution in [-0.2, 0) is 12.8 Å². The van der Waals surface area contributed by atoms with Crippen LogP contribution in [0.15, 0.2) is 24.3 Å². The molecule has 0 aromatic heterocycles. The standard InChI is InChI=1S/C24H28O4/c25-23(26)19-12-11-17-13-18(5-1-3-15-7-8-15)22(24(27)28)20(21(17)14-19)6-2-4-16-9-10-16/h11-16H,1-10H2,(H,25,26)(H,27,28). The number of carboxylic acids is 2. The number of aryl methyl sites for hydroxylation is 2. The summed E-state index contributed by atoms with van der Waals surface area (Å²) in [5.74, 6) is -0.220. The number of rotatable bonds is 10. The summed E-state index contributed by atoms with van der Waals surface area (Å²) < 4.78 is 0. The van der Waals surface area contributed by atoms with Crippen LogP contribution in [0.3, 0.4) is 0 Å². The highest BCUT2D eigenvalue weighted by atomic mass is 16.4. The van der Waals surface area contributed by atoms with Crippen LogP contribution in [0.4, 0.5) is 0 Å². The Kier molecular flexibility index (Phi) is 5.38. The van der Waals surface area contributed by atoms with Crippen LogP contribution >= 0.6 is 0 Å². The third kappa shape index (κ3) is 4.37. The van der Waals surface area contributed by atoms with Gasteiger partial charge in [0, 0.05) is 0 Å². The van der Waals surface area contributed by atoms with Gasteiger partial charge in [0.2, 0.25) is 0 Å². The number of carboxylic acid groups (broad SMARTS) is 2. The molecule has 2 saturated carbocycles. The minimum absolute atomic E-state index is 0.216. The number of aromatic carboxylic acids is 2. The van der Waals surface area contributed by atoms with Crippen molar-refractivity contribution in [2.45, 2.75) is 64.2 Å². The van der Waals surface area contributed by atoms with E-state index < -0.39 is 11.9 Å². The highest BCUT2D eigenvalue weighted by Crippen LogP contribution is 2.37. The van der Waals surface area contributed by atoms with Crippen molar-refractivity contribution in [3.05, 3.63) is 46.5 Å². The molecule has 2 aromatic rings. The van der Waals surface area contributed by atoms with Crippen LogP contribution in [0.25, 0.3) is 10.8 Å². The Labute approximate surface area is 165 Å². The van der Waals surface area contributed by atoms with E-state index in [1.54, 1.807) is 12.1 Å². The molecule has 0 heterocycles. The molecule has 0 radical (unpaired) electrons. The predicted octanol–water partition coefficient (Wildman–Crippen LogP) is 5.70. The van der Waals surface area contributed by atoms with E-state index in [2.05, 4.69) is 0 Å². The largest absolute Gasteiger partial charge is 0.478 e. The average molecular weight is 380 g/mol. The van der Waals surface area contributed by atoms with E-state index in [1.807, 2.05) is 12.1 Å². The summed E-state index contributed by atoms with van der Waals surface area (Å²) in [5.41, 5.74) is 2.37. The van der Waals surface area contributed by atoms with Crippen molar-refractivity contribution >= 4 is 22.7 Å². The highest BCUT2D eigenvalue weighted by Gasteiger charge is 2.24. The number of benzene rings is 2. The summed E-state index contributed by atoms with van der Waals surface area (Å²) in [4.78, 5) is 23.7. The third-order valence-corrected chi connectivity index (χ3v) is 6.28. The second-order valence-electron chi connectivity index (χ2n) is 8.61. The molecule has 0 atom stereocenters. The topological polar surface area (TPSA) is 74.6 Å². The smallest absolute Gasteiger partial charge is 0.336 e. The molecule has 2 aromatic carbocycles. The van der Waals surface area contributed by atoms with Gasteiger partial charge < -0.3 is 10.2 Å². The molecule has 0 bridgehead atoms. The Bertz CT molecular complexity index is 906. The summed E-state index contributed by atoms with van der Waals surface area (Å²) in [7, 11) is 0. The lowest BCUT2D eigenvalue weighted by Crippen LogP contribution is -2.10. The molecule has 0 spiro atoms. The van der Waals surface area contributed by atoms with Gasteiger partial charge in [0.1, 0.15) is 0 Å². The lowest BCUT2D eigenvalue weighted by Gasteiger charge is -2.16. The highest BCUT2D eigenvalue weighted by molar-refractivity contribution is 6.02. The first-order chi connectivity index (χ1) is 13.5. The van der Waals surface area contributed by atoms with Crippen LogP contribution in [0.1, 0.15) is 83.2 Å². The Balaban J connectivity index is 1.72. The first-order valence-corrected chi connectivity index (χ1v) is 10.6. The van der Waals surface area contributed by atoms with Crippen molar-refractivity contribution in [3.8, 4) is 0 Å². The number of carbonyl (C=O) groups is 2. The van der Waals surface area contributed by atoms with E-state index in [9.17, 15) is 19.8 Å². The van der Waals surface area contributed by atoms with E-state index in [1.165, 1.54) is 32.1 Å². The molecule has 2 aliphatic rings. The average Bonchev–Trinajstić information content (AvgIpc) is 3.56. The van der Waals surface area contributed by atoms with Crippen molar-refractivity contribution in [1.82, 2.24) is 0 Å². The quantitative estimate of drug-likeness (QED) is 0.554. The van der Waals surface area contributed by atoms with Crippen molar-refractivity contribution in [3.63, 3.8) is 0 Å². The first-order valence-electron chi connectivity index (χ1n) is 10.6. The lowest BCUT2D eigenvalue weighted by molar-refractivity contribution is 0.0685. The predicted molar refractivity (Wildman–Crippen MR) is 109 cm³/mol. The van der Waals surface area contributed by atoms with E-state index in [-0.39, 0.29) is 5.56 Å². The van der Waals surface area contributed by atoms with Gasteiger partial charge in [0.15, 0.2) is 0 Å². The first kappa shape index (κ1) is 19.0. The maximum absolute atomic E-state index is 12.2. The van der Waals surface area contributed by atoms with Gasteiger partial charge in [-0.1, -0.05) is 50.7 Å². The van der Waals surface area contributed by atoms with Crippen LogP contribution in [-0.4, -0.2) is 22.2 Å². The fourth-order valence-corrected chi connectivity index (χ4v) is 4.35. The summed E-state index contributed by atoms with van der Waals surface area (Å²) in [5, 5.41) is 21.1. The molecule has 0 amide bonds. The van der Waals surface area contributed by atoms with E-state index >= 15 is 0 Å². The third-order valence-electron chi connectivity index (χ3n) is 6.28. The summed E-state index contributed by atoms with van der Waals surface area (Å²) in [6.45, 7) is 0. The van der Waals surface area contributed by atoms with Crippen molar-refractivity contribution < 1.29 is 19.8 Å². The zero-order chi connectivity index (χ0) is 19.7. The van der Waals surface area contributed by atoms with Gasteiger partial charge in [-0.15, -0.1) is 0 Å². The molecule has 148 valence electrons. The van der Waals surface area contributed by atoms with Crippen LogP contribution in [0.2, 0.25) is 0 Å². The van der Waals surface area contributed by atoms with Gasteiger partial charge >= 0.3 is 11.9 Å². The fourth-order valence-electron chi connectivity index (χ4n) is 4.35. The van der Waals surface area contributed by atoms with Gasteiger partial charge in [-0.2, -0.15) is 0 Å². The zero-order valence-electron chi connectivity index (χ0n) is 16.2. The van der Waals surface area contributed by atoms with Crippen molar-refractivity contribution in [2.24, 2.45) is 11.8 Å². The molecule has 4 nitrogen and oxygen atoms in total. The summed E-state index contributed by atoms with van der Waals surface area (Å²) >= 11 is 0. The van der Waals surface area contributed by atoms with E-state index in [4.69, 9.17) is 0 Å². The molecule has 0 unspecified atom stereocenters. The fraction of sp³-hybridized carbons (Fsp3) is 0.500. The molecule has 2 N–H and O–H groups in total. The molecular formula is C24H28O4. The maximum atomic E-state index is 12.2. The Hall–Kier alpha value is -2.36. The molecule has 4 rings (SSSR count). The second-order valence-corrected chi connectivity index (χ2v) is 8.61. The number of fused-ring (bicyclic) bond motifs is 1. The molecule has 2 aliphatic carbocycles. The second kappa shape index (κ2) is 7.94. The van der Waals surface area contributed by atoms with Crippen LogP contribution in [0, 0.1) is 11.8 Å². The molecule has 0 saturated heterocycles. The van der Waals surface area contributed by atoms with Crippen LogP contribution in [0.5, 0.6) is 0 Å². The molecule has 2 fully saturated rings. The van der Waals surface area contributed by atoms with Crippen LogP contribution < -0.4 is 0 Å². The zero-order valence-corrected chi connectivity index (χ0v) is 16.2. The normalized spacial score (nSPS) is 16.4. The molecule has 0 aliphatic heterocycles. The molecule has 4 heteroatoms. The van der Waals surface area contributed by atoms with E-state index in [0.717, 1.165) is 59.4 Å².